The van der Waals surface area contributed by atoms with Gasteiger partial charge in [0.2, 0.25) is 11.8 Å². The van der Waals surface area contributed by atoms with Crippen LogP contribution in [0.1, 0.15) is 12.8 Å². The number of fused-ring (bicyclic) bond motifs is 1. The van der Waals surface area contributed by atoms with E-state index < -0.39 is 12.5 Å². The maximum Gasteiger partial charge on any atom is 0.323 e. The second-order valence-electron chi connectivity index (χ2n) is 4.37. The van der Waals surface area contributed by atoms with Crippen molar-refractivity contribution in [2.24, 2.45) is 11.8 Å². The maximum absolute atomic E-state index is 11.9. The van der Waals surface area contributed by atoms with E-state index in [0.717, 1.165) is 4.90 Å². The number of alkyl halides is 2. The topological polar surface area (TPSA) is 74.7 Å². The first-order chi connectivity index (χ1) is 7.91. The molecule has 0 aromatic rings. The number of imide groups is 1. The Labute approximate surface area is 115 Å². The first-order valence-corrected chi connectivity index (χ1v) is 7.10. The van der Waals surface area contributed by atoms with Crippen molar-refractivity contribution >= 4 is 49.6 Å². The van der Waals surface area contributed by atoms with Crippen LogP contribution in [0.5, 0.6) is 0 Å². The molecule has 94 valence electrons. The van der Waals surface area contributed by atoms with Crippen LogP contribution < -0.4 is 0 Å². The van der Waals surface area contributed by atoms with Crippen molar-refractivity contribution in [1.82, 2.24) is 4.90 Å². The second-order valence-corrected chi connectivity index (χ2v) is 6.73. The van der Waals surface area contributed by atoms with Crippen LogP contribution in [0, 0.1) is 11.8 Å². The number of likely N-dealkylation sites (tertiary alicyclic amines) is 1. The van der Waals surface area contributed by atoms with E-state index in [2.05, 4.69) is 31.9 Å². The molecule has 2 amide bonds. The number of halogens is 2. The summed E-state index contributed by atoms with van der Waals surface area (Å²) in [6, 6.07) is 0. The van der Waals surface area contributed by atoms with Crippen molar-refractivity contribution in [3.8, 4) is 0 Å². The molecular formula is C10H11Br2NO4. The van der Waals surface area contributed by atoms with Crippen LogP contribution in [-0.4, -0.2) is 44.0 Å². The molecule has 1 heterocycles. The number of carbonyl (C=O) groups is 3. The summed E-state index contributed by atoms with van der Waals surface area (Å²) < 4.78 is 0. The van der Waals surface area contributed by atoms with Crippen molar-refractivity contribution in [1.29, 1.82) is 0 Å². The predicted molar refractivity (Wildman–Crippen MR) is 66.0 cm³/mol. The summed E-state index contributed by atoms with van der Waals surface area (Å²) in [5.74, 6) is -2.56. The average molecular weight is 369 g/mol. The Kier molecular flexibility index (Phi) is 3.58. The van der Waals surface area contributed by atoms with Crippen LogP contribution in [0.15, 0.2) is 0 Å². The van der Waals surface area contributed by atoms with Crippen molar-refractivity contribution < 1.29 is 19.5 Å². The molecule has 4 atom stereocenters. The zero-order valence-electron chi connectivity index (χ0n) is 8.81. The van der Waals surface area contributed by atoms with E-state index in [9.17, 15) is 14.4 Å². The Morgan fingerprint density at radius 1 is 1.18 bits per heavy atom. The fourth-order valence-corrected chi connectivity index (χ4v) is 3.69. The highest BCUT2D eigenvalue weighted by Crippen LogP contribution is 2.42. The Bertz CT molecular complexity index is 359. The molecule has 0 aromatic carbocycles. The number of carbonyl (C=O) groups excluding carboxylic acids is 2. The SMILES string of the molecule is O=C(O)CN1C(=O)[C@@H]2C[C@H](Br)[C@@H](Br)C[C@H]2C1=O. The molecule has 0 unspecified atom stereocenters. The van der Waals surface area contributed by atoms with E-state index in [-0.39, 0.29) is 33.3 Å². The lowest BCUT2D eigenvalue weighted by molar-refractivity contribution is -0.149. The molecule has 2 aliphatic rings. The number of rotatable bonds is 2. The minimum Gasteiger partial charge on any atom is -0.480 e. The van der Waals surface area contributed by atoms with E-state index in [4.69, 9.17) is 5.11 Å². The first kappa shape index (κ1) is 13.0. The molecule has 2 rings (SSSR count). The third kappa shape index (κ3) is 2.27. The van der Waals surface area contributed by atoms with Gasteiger partial charge < -0.3 is 5.11 Å². The van der Waals surface area contributed by atoms with Gasteiger partial charge in [-0.3, -0.25) is 19.3 Å². The van der Waals surface area contributed by atoms with Crippen LogP contribution in [0.4, 0.5) is 0 Å². The van der Waals surface area contributed by atoms with E-state index in [1.807, 2.05) is 0 Å². The van der Waals surface area contributed by atoms with E-state index in [1.54, 1.807) is 0 Å². The molecule has 0 radical (unpaired) electrons. The molecule has 2 fully saturated rings. The van der Waals surface area contributed by atoms with Crippen LogP contribution in [0.2, 0.25) is 0 Å². The molecule has 1 saturated heterocycles. The lowest BCUT2D eigenvalue weighted by atomic mass is 9.81. The number of carboxylic acids is 1. The monoisotopic (exact) mass is 367 g/mol. The summed E-state index contributed by atoms with van der Waals surface area (Å²) in [4.78, 5) is 35.7. The van der Waals surface area contributed by atoms with Crippen LogP contribution in [-0.2, 0) is 14.4 Å². The van der Waals surface area contributed by atoms with E-state index >= 15 is 0 Å². The highest BCUT2D eigenvalue weighted by molar-refractivity contribution is 9.12. The third-order valence-corrected chi connectivity index (χ3v) is 6.03. The zero-order chi connectivity index (χ0) is 12.7. The molecule has 1 aliphatic carbocycles. The highest BCUT2D eigenvalue weighted by Gasteiger charge is 2.52. The summed E-state index contributed by atoms with van der Waals surface area (Å²) in [6.45, 7) is -0.523. The zero-order valence-corrected chi connectivity index (χ0v) is 12.0. The Balaban J connectivity index is 2.19. The van der Waals surface area contributed by atoms with Gasteiger partial charge in [-0.05, 0) is 12.8 Å². The molecule has 1 saturated carbocycles. The average Bonchev–Trinajstić information content (AvgIpc) is 2.45. The molecule has 5 nitrogen and oxygen atoms in total. The maximum atomic E-state index is 11.9. The number of hydrogen-bond acceptors (Lipinski definition) is 3. The summed E-state index contributed by atoms with van der Waals surface area (Å²) in [5.41, 5.74) is 0. The quantitative estimate of drug-likeness (QED) is 0.582. The van der Waals surface area contributed by atoms with Gasteiger partial charge in [0.05, 0.1) is 11.8 Å². The molecule has 0 bridgehead atoms. The summed E-state index contributed by atoms with van der Waals surface area (Å²) in [6.07, 6.45) is 1.14. The van der Waals surface area contributed by atoms with Gasteiger partial charge in [-0.2, -0.15) is 0 Å². The Hall–Kier alpha value is -0.430. The second kappa shape index (κ2) is 4.68. The lowest BCUT2D eigenvalue weighted by Crippen LogP contribution is -2.35. The number of amides is 2. The van der Waals surface area contributed by atoms with Crippen molar-refractivity contribution in [2.45, 2.75) is 22.5 Å². The Morgan fingerprint density at radius 2 is 1.59 bits per heavy atom. The van der Waals surface area contributed by atoms with Gasteiger partial charge >= 0.3 is 5.97 Å². The van der Waals surface area contributed by atoms with Gasteiger partial charge in [-0.25, -0.2) is 0 Å². The fraction of sp³-hybridized carbons (Fsp3) is 0.700. The van der Waals surface area contributed by atoms with Crippen LogP contribution in [0.25, 0.3) is 0 Å². The van der Waals surface area contributed by atoms with Gasteiger partial charge in [0.25, 0.3) is 0 Å². The Morgan fingerprint density at radius 3 is 1.94 bits per heavy atom. The molecule has 0 spiro atoms. The third-order valence-electron chi connectivity index (χ3n) is 3.30. The van der Waals surface area contributed by atoms with Crippen molar-refractivity contribution in [3.05, 3.63) is 0 Å². The molecule has 1 N–H and O–H groups in total. The van der Waals surface area contributed by atoms with E-state index in [1.165, 1.54) is 0 Å². The van der Waals surface area contributed by atoms with Crippen molar-refractivity contribution in [3.63, 3.8) is 0 Å². The van der Waals surface area contributed by atoms with Gasteiger partial charge in [-0.1, -0.05) is 31.9 Å². The minimum absolute atomic E-state index is 0.144. The standard InChI is InChI=1S/C10H11Br2NO4/c11-6-1-4-5(2-7(6)12)10(17)13(9(4)16)3-8(14)15/h4-7H,1-3H2,(H,14,15)/t4-,5-,6+,7+/m1/s1. The number of carboxylic acid groups (broad SMARTS) is 1. The van der Waals surface area contributed by atoms with Gasteiger partial charge in [0.1, 0.15) is 6.54 Å². The van der Waals surface area contributed by atoms with Crippen LogP contribution >= 0.6 is 31.9 Å². The molecule has 7 heteroatoms. The number of hydrogen-bond donors (Lipinski definition) is 1. The number of aliphatic carboxylic acids is 1. The minimum atomic E-state index is -1.16. The molecule has 17 heavy (non-hydrogen) atoms. The molecule has 0 aromatic heterocycles. The molecule has 1 aliphatic heterocycles. The number of nitrogens with zero attached hydrogens (tertiary/aromatic N) is 1. The highest BCUT2D eigenvalue weighted by atomic mass is 79.9. The summed E-state index contributed by atoms with van der Waals surface area (Å²) >= 11 is 6.93. The van der Waals surface area contributed by atoms with Gasteiger partial charge in [-0.15, -0.1) is 0 Å². The van der Waals surface area contributed by atoms with Crippen molar-refractivity contribution in [2.75, 3.05) is 6.54 Å². The molecular weight excluding hydrogens is 358 g/mol. The van der Waals surface area contributed by atoms with E-state index in [0.29, 0.717) is 12.8 Å². The summed E-state index contributed by atoms with van der Waals surface area (Å²) in [5, 5.41) is 8.68. The predicted octanol–water partition coefficient (Wildman–Crippen LogP) is 0.993. The largest absolute Gasteiger partial charge is 0.480 e. The van der Waals surface area contributed by atoms with Crippen LogP contribution in [0.3, 0.4) is 0 Å². The normalized spacial score (nSPS) is 37.2. The van der Waals surface area contributed by atoms with Gasteiger partial charge in [0.15, 0.2) is 0 Å². The van der Waals surface area contributed by atoms with Gasteiger partial charge in [0, 0.05) is 9.65 Å². The first-order valence-electron chi connectivity index (χ1n) is 5.27. The summed E-state index contributed by atoms with van der Waals surface area (Å²) in [7, 11) is 0. The smallest absolute Gasteiger partial charge is 0.323 e. The fourth-order valence-electron chi connectivity index (χ4n) is 2.45. The lowest BCUT2D eigenvalue weighted by Gasteiger charge is -2.29.